The van der Waals surface area contributed by atoms with E-state index in [1.165, 1.54) is 0 Å². The summed E-state index contributed by atoms with van der Waals surface area (Å²) in [4.78, 5) is 12.3. The summed E-state index contributed by atoms with van der Waals surface area (Å²) in [5.74, 6) is 0.129. The summed E-state index contributed by atoms with van der Waals surface area (Å²) in [5.41, 5.74) is 0. The Morgan fingerprint density at radius 2 is 2.00 bits per heavy atom. The highest BCUT2D eigenvalue weighted by atomic mass is 35.5. The van der Waals surface area contributed by atoms with Gasteiger partial charge in [-0.3, -0.25) is 0 Å². The van der Waals surface area contributed by atoms with E-state index >= 15 is 0 Å². The molecule has 0 N–H and O–H groups in total. The largest absolute Gasteiger partial charge is 0.463 e. The number of carbonyl (C=O) groups is 1. The number of halogens is 1. The van der Waals surface area contributed by atoms with Crippen LogP contribution >= 0.6 is 11.6 Å². The highest BCUT2D eigenvalue weighted by Gasteiger charge is 1.91. The maximum absolute atomic E-state index is 10.3. The summed E-state index contributed by atoms with van der Waals surface area (Å²) in [5, 5.41) is 0. The third kappa shape index (κ3) is 24.6. The first-order valence-electron chi connectivity index (χ1n) is 4.00. The van der Waals surface area contributed by atoms with Crippen molar-refractivity contribution in [1.29, 1.82) is 0 Å². The van der Waals surface area contributed by atoms with Crippen LogP contribution in [0.5, 0.6) is 0 Å². The third-order valence-electron chi connectivity index (χ3n) is 0.689. The molecule has 0 bridgehead atoms. The van der Waals surface area contributed by atoms with E-state index in [9.17, 15) is 4.79 Å². The SMILES string of the molecule is C=CC(=O)OCCCCl.CN(C)C. The van der Waals surface area contributed by atoms with Gasteiger partial charge in [-0.05, 0) is 27.6 Å². The Morgan fingerprint density at radius 1 is 1.54 bits per heavy atom. The van der Waals surface area contributed by atoms with Gasteiger partial charge in [-0.15, -0.1) is 11.6 Å². The van der Waals surface area contributed by atoms with Crippen LogP contribution in [0.4, 0.5) is 0 Å². The molecule has 0 atom stereocenters. The Bertz CT molecular complexity index is 135. The highest BCUT2D eigenvalue weighted by Crippen LogP contribution is 1.86. The molecule has 0 heterocycles. The molecule has 0 unspecified atom stereocenters. The maximum atomic E-state index is 10.3. The van der Waals surface area contributed by atoms with Gasteiger partial charge in [0.2, 0.25) is 0 Å². The summed E-state index contributed by atoms with van der Waals surface area (Å²) in [6.45, 7) is 3.62. The minimum atomic E-state index is -0.389. The zero-order chi connectivity index (χ0) is 10.7. The molecule has 0 aliphatic carbocycles. The number of hydrogen-bond acceptors (Lipinski definition) is 3. The Morgan fingerprint density at radius 3 is 2.31 bits per heavy atom. The van der Waals surface area contributed by atoms with Crippen LogP contribution in [0.1, 0.15) is 6.42 Å². The predicted molar refractivity (Wildman–Crippen MR) is 56.1 cm³/mol. The van der Waals surface area contributed by atoms with Gasteiger partial charge in [-0.2, -0.15) is 0 Å². The lowest BCUT2D eigenvalue weighted by Crippen LogP contribution is -2.01. The van der Waals surface area contributed by atoms with E-state index in [1.807, 2.05) is 26.0 Å². The molecule has 0 aromatic carbocycles. The van der Waals surface area contributed by atoms with Crippen molar-refractivity contribution in [1.82, 2.24) is 4.90 Å². The molecule has 78 valence electrons. The first-order valence-corrected chi connectivity index (χ1v) is 4.54. The Balaban J connectivity index is 0. The molecule has 0 amide bonds. The summed E-state index contributed by atoms with van der Waals surface area (Å²) in [7, 11) is 6.00. The molecule has 0 fully saturated rings. The zero-order valence-electron chi connectivity index (χ0n) is 8.55. The fraction of sp³-hybridized carbons (Fsp3) is 0.667. The monoisotopic (exact) mass is 207 g/mol. The molecule has 0 aliphatic rings. The van der Waals surface area contributed by atoms with Gasteiger partial charge in [0.05, 0.1) is 6.61 Å². The molecular formula is C9H18ClNO2. The Hall–Kier alpha value is -0.540. The maximum Gasteiger partial charge on any atom is 0.330 e. The normalized spacial score (nSPS) is 8.69. The number of hydrogen-bond donors (Lipinski definition) is 0. The molecule has 0 aromatic rings. The minimum absolute atomic E-state index is 0.383. The lowest BCUT2D eigenvalue weighted by molar-refractivity contribution is -0.137. The van der Waals surface area contributed by atoms with Crippen LogP contribution in [0.25, 0.3) is 0 Å². The molecule has 4 heteroatoms. The molecule has 0 saturated heterocycles. The van der Waals surface area contributed by atoms with Crippen molar-refractivity contribution in [2.45, 2.75) is 6.42 Å². The third-order valence-corrected chi connectivity index (χ3v) is 0.956. The van der Waals surface area contributed by atoms with Crippen molar-refractivity contribution in [3.05, 3.63) is 12.7 Å². The summed E-state index contributed by atoms with van der Waals surface area (Å²) >= 11 is 5.31. The minimum Gasteiger partial charge on any atom is -0.463 e. The molecule has 0 aliphatic heterocycles. The highest BCUT2D eigenvalue weighted by molar-refractivity contribution is 6.17. The van der Waals surface area contributed by atoms with E-state index in [1.54, 1.807) is 0 Å². The quantitative estimate of drug-likeness (QED) is 0.303. The van der Waals surface area contributed by atoms with Crippen molar-refractivity contribution in [2.24, 2.45) is 0 Å². The molecule has 0 saturated carbocycles. The van der Waals surface area contributed by atoms with E-state index < -0.39 is 0 Å². The van der Waals surface area contributed by atoms with Gasteiger partial charge in [-0.25, -0.2) is 4.79 Å². The number of ether oxygens (including phenoxy) is 1. The first kappa shape index (κ1) is 15.0. The molecule has 3 nitrogen and oxygen atoms in total. The molecule has 0 rings (SSSR count). The number of rotatable bonds is 4. The van der Waals surface area contributed by atoms with Crippen LogP contribution in [0, 0.1) is 0 Å². The van der Waals surface area contributed by atoms with E-state index in [0.29, 0.717) is 18.9 Å². The van der Waals surface area contributed by atoms with Crippen molar-refractivity contribution < 1.29 is 9.53 Å². The van der Waals surface area contributed by atoms with Crippen molar-refractivity contribution in [3.63, 3.8) is 0 Å². The number of alkyl halides is 1. The van der Waals surface area contributed by atoms with E-state index in [-0.39, 0.29) is 5.97 Å². The molecule has 0 radical (unpaired) electrons. The summed E-state index contributed by atoms with van der Waals surface area (Å²) in [6.07, 6.45) is 1.83. The number of carbonyl (C=O) groups excluding carboxylic acids is 1. The summed E-state index contributed by atoms with van der Waals surface area (Å²) in [6, 6.07) is 0. The van der Waals surface area contributed by atoms with Gasteiger partial charge in [0, 0.05) is 12.0 Å². The molecule has 0 spiro atoms. The Kier molecular flexibility index (Phi) is 13.2. The van der Waals surface area contributed by atoms with E-state index in [2.05, 4.69) is 11.3 Å². The van der Waals surface area contributed by atoms with Gasteiger partial charge >= 0.3 is 5.97 Å². The standard InChI is InChI=1S/C6H9ClO2.C3H9N/c1-2-6(8)9-5-3-4-7;1-4(2)3/h2H,1,3-5H2;1-3H3. The average Bonchev–Trinajstić information content (AvgIpc) is 2.03. The van der Waals surface area contributed by atoms with Gasteiger partial charge in [0.15, 0.2) is 0 Å². The lowest BCUT2D eigenvalue weighted by Gasteiger charge is -1.96. The van der Waals surface area contributed by atoms with Crippen LogP contribution in [-0.4, -0.2) is 44.5 Å². The van der Waals surface area contributed by atoms with Crippen molar-refractivity contribution >= 4 is 17.6 Å². The van der Waals surface area contributed by atoms with Gasteiger partial charge in [0.25, 0.3) is 0 Å². The molecule has 13 heavy (non-hydrogen) atoms. The van der Waals surface area contributed by atoms with Crippen LogP contribution in [0.2, 0.25) is 0 Å². The summed E-state index contributed by atoms with van der Waals surface area (Å²) < 4.78 is 4.59. The first-order chi connectivity index (χ1) is 6.04. The van der Waals surface area contributed by atoms with Crippen molar-refractivity contribution in [3.8, 4) is 0 Å². The lowest BCUT2D eigenvalue weighted by atomic mass is 10.5. The average molecular weight is 208 g/mol. The second-order valence-corrected chi connectivity index (χ2v) is 3.13. The Labute approximate surface area is 85.3 Å². The van der Waals surface area contributed by atoms with Crippen molar-refractivity contribution in [2.75, 3.05) is 33.6 Å². The van der Waals surface area contributed by atoms with Crippen LogP contribution in [0.15, 0.2) is 12.7 Å². The zero-order valence-corrected chi connectivity index (χ0v) is 9.30. The van der Waals surface area contributed by atoms with Crippen LogP contribution < -0.4 is 0 Å². The predicted octanol–water partition coefficient (Wildman–Crippen LogP) is 1.52. The molecule has 0 aromatic heterocycles. The smallest absolute Gasteiger partial charge is 0.330 e. The van der Waals surface area contributed by atoms with E-state index in [4.69, 9.17) is 11.6 Å². The van der Waals surface area contributed by atoms with Crippen LogP contribution in [0.3, 0.4) is 0 Å². The number of esters is 1. The van der Waals surface area contributed by atoms with Gasteiger partial charge in [-0.1, -0.05) is 6.58 Å². The second-order valence-electron chi connectivity index (χ2n) is 2.76. The number of nitrogens with zero attached hydrogens (tertiary/aromatic N) is 1. The second kappa shape index (κ2) is 11.5. The van der Waals surface area contributed by atoms with Gasteiger partial charge in [0.1, 0.15) is 0 Å². The van der Waals surface area contributed by atoms with E-state index in [0.717, 1.165) is 6.08 Å². The topological polar surface area (TPSA) is 29.5 Å². The van der Waals surface area contributed by atoms with Crippen LogP contribution in [-0.2, 0) is 9.53 Å². The fourth-order valence-corrected chi connectivity index (χ4v) is 0.395. The fourth-order valence-electron chi connectivity index (χ4n) is 0.286. The van der Waals surface area contributed by atoms with Gasteiger partial charge < -0.3 is 9.64 Å². The molecular weight excluding hydrogens is 190 g/mol.